The number of amides is 2. The summed E-state index contributed by atoms with van der Waals surface area (Å²) >= 11 is 13.5. The second-order valence-electron chi connectivity index (χ2n) is 5.88. The van der Waals surface area contributed by atoms with Crippen molar-refractivity contribution in [2.75, 3.05) is 11.9 Å². The van der Waals surface area contributed by atoms with E-state index in [9.17, 15) is 9.59 Å². The van der Waals surface area contributed by atoms with Crippen molar-refractivity contribution in [1.29, 1.82) is 0 Å². The zero-order valence-electron chi connectivity index (χ0n) is 14.2. The highest BCUT2D eigenvalue weighted by Crippen LogP contribution is 2.36. The number of thiophene rings is 1. The number of carbonyl (C=O) groups is 2. The summed E-state index contributed by atoms with van der Waals surface area (Å²) in [7, 11) is 0. The molecule has 0 spiro atoms. The van der Waals surface area contributed by atoms with Gasteiger partial charge in [-0.3, -0.25) is 9.59 Å². The molecule has 4 nitrogen and oxygen atoms in total. The Morgan fingerprint density at radius 2 is 1.77 bits per heavy atom. The Morgan fingerprint density at radius 1 is 1.08 bits per heavy atom. The van der Waals surface area contributed by atoms with Crippen LogP contribution in [0.1, 0.15) is 20.8 Å². The van der Waals surface area contributed by atoms with E-state index in [1.165, 1.54) is 11.3 Å². The van der Waals surface area contributed by atoms with E-state index in [0.717, 1.165) is 26.9 Å². The van der Waals surface area contributed by atoms with E-state index in [-0.39, 0.29) is 18.4 Å². The molecule has 7 heteroatoms. The van der Waals surface area contributed by atoms with Gasteiger partial charge in [-0.15, -0.1) is 11.3 Å². The second kappa shape index (κ2) is 7.66. The second-order valence-corrected chi connectivity index (χ2v) is 7.75. The molecule has 0 saturated heterocycles. The largest absolute Gasteiger partial charge is 0.342 e. The fourth-order valence-corrected chi connectivity index (χ4v) is 4.33. The number of carbonyl (C=O) groups excluding carboxylic acids is 2. The van der Waals surface area contributed by atoms with Crippen molar-refractivity contribution in [2.45, 2.75) is 13.8 Å². The molecular weight excluding hydrogens is 391 g/mol. The zero-order chi connectivity index (χ0) is 18.8. The number of para-hydroxylation sites is 1. The van der Waals surface area contributed by atoms with E-state index < -0.39 is 0 Å². The maximum absolute atomic E-state index is 12.4. The van der Waals surface area contributed by atoms with Crippen LogP contribution in [0.2, 0.25) is 10.0 Å². The maximum atomic E-state index is 12.4. The molecule has 2 aromatic carbocycles. The molecule has 2 N–H and O–H groups in total. The Labute approximate surface area is 165 Å². The number of fused-ring (bicyclic) bond motifs is 1. The number of aryl methyl sites for hydroxylation is 2. The first-order valence-corrected chi connectivity index (χ1v) is 9.46. The minimum Gasteiger partial charge on any atom is -0.342 e. The van der Waals surface area contributed by atoms with E-state index in [2.05, 4.69) is 10.6 Å². The molecule has 0 radical (unpaired) electrons. The van der Waals surface area contributed by atoms with Gasteiger partial charge in [0.15, 0.2) is 0 Å². The highest BCUT2D eigenvalue weighted by molar-refractivity contribution is 7.21. The molecule has 0 aliphatic heterocycles. The van der Waals surface area contributed by atoms with Gasteiger partial charge in [-0.25, -0.2) is 0 Å². The normalized spacial score (nSPS) is 10.8. The Hall–Kier alpha value is -2.08. The average molecular weight is 407 g/mol. The van der Waals surface area contributed by atoms with Crippen LogP contribution in [0, 0.1) is 13.8 Å². The van der Waals surface area contributed by atoms with Crippen molar-refractivity contribution in [3.63, 3.8) is 0 Å². The van der Waals surface area contributed by atoms with Crippen LogP contribution in [0.5, 0.6) is 0 Å². The van der Waals surface area contributed by atoms with Crippen LogP contribution in [-0.2, 0) is 4.79 Å². The van der Waals surface area contributed by atoms with Gasteiger partial charge in [0.2, 0.25) is 5.91 Å². The van der Waals surface area contributed by atoms with Crippen molar-refractivity contribution < 1.29 is 9.59 Å². The molecule has 0 fully saturated rings. The summed E-state index contributed by atoms with van der Waals surface area (Å²) in [4.78, 5) is 25.0. The smallest absolute Gasteiger partial charge is 0.263 e. The Balaban J connectivity index is 1.69. The Morgan fingerprint density at radius 3 is 2.46 bits per heavy atom. The first-order valence-electron chi connectivity index (χ1n) is 7.88. The van der Waals surface area contributed by atoms with Gasteiger partial charge in [-0.1, -0.05) is 47.5 Å². The van der Waals surface area contributed by atoms with Crippen LogP contribution < -0.4 is 10.6 Å². The van der Waals surface area contributed by atoms with Crippen molar-refractivity contribution >= 4 is 62.1 Å². The molecule has 0 unspecified atom stereocenters. The molecule has 0 saturated carbocycles. The Kier molecular flexibility index (Phi) is 5.51. The molecular formula is C19H16Cl2N2O2S. The fraction of sp³-hybridized carbons (Fsp3) is 0.158. The lowest BCUT2D eigenvalue weighted by atomic mass is 10.1. The first kappa shape index (κ1) is 18.7. The van der Waals surface area contributed by atoms with E-state index in [1.807, 2.05) is 32.0 Å². The van der Waals surface area contributed by atoms with Crippen molar-refractivity contribution in [1.82, 2.24) is 5.32 Å². The number of nitrogens with one attached hydrogen (secondary N) is 2. The van der Waals surface area contributed by atoms with Gasteiger partial charge in [0, 0.05) is 20.8 Å². The molecule has 0 aliphatic rings. The summed E-state index contributed by atoms with van der Waals surface area (Å²) in [6.07, 6.45) is 0. The predicted molar refractivity (Wildman–Crippen MR) is 109 cm³/mol. The van der Waals surface area contributed by atoms with Crippen molar-refractivity contribution in [3.05, 3.63) is 62.4 Å². The summed E-state index contributed by atoms with van der Waals surface area (Å²) in [6.45, 7) is 3.70. The number of anilines is 1. The van der Waals surface area contributed by atoms with Gasteiger partial charge < -0.3 is 10.6 Å². The lowest BCUT2D eigenvalue weighted by molar-refractivity contribution is -0.115. The van der Waals surface area contributed by atoms with E-state index in [4.69, 9.17) is 23.2 Å². The lowest BCUT2D eigenvalue weighted by Gasteiger charge is -2.11. The van der Waals surface area contributed by atoms with Gasteiger partial charge >= 0.3 is 0 Å². The molecule has 2 amide bonds. The highest BCUT2D eigenvalue weighted by atomic mass is 35.5. The summed E-state index contributed by atoms with van der Waals surface area (Å²) in [5.74, 6) is -0.681. The molecule has 0 aliphatic carbocycles. The predicted octanol–water partition coefficient (Wildman–Crippen LogP) is 5.19. The van der Waals surface area contributed by atoms with Crippen LogP contribution in [0.25, 0.3) is 10.1 Å². The number of hydrogen-bond donors (Lipinski definition) is 2. The zero-order valence-corrected chi connectivity index (χ0v) is 16.5. The minimum absolute atomic E-state index is 0.141. The summed E-state index contributed by atoms with van der Waals surface area (Å²) in [5, 5.41) is 7.17. The molecule has 3 rings (SSSR count). The van der Waals surface area contributed by atoms with E-state index >= 15 is 0 Å². The van der Waals surface area contributed by atoms with Crippen LogP contribution in [0.4, 0.5) is 5.69 Å². The number of benzene rings is 2. The summed E-state index contributed by atoms with van der Waals surface area (Å²) in [6, 6.07) is 11.0. The topological polar surface area (TPSA) is 58.2 Å². The summed E-state index contributed by atoms with van der Waals surface area (Å²) in [5.41, 5.74) is 2.70. The van der Waals surface area contributed by atoms with E-state index in [1.54, 1.807) is 18.2 Å². The minimum atomic E-state index is -0.385. The molecule has 26 heavy (non-hydrogen) atoms. The molecule has 1 aromatic heterocycles. The molecule has 3 aromatic rings. The monoisotopic (exact) mass is 406 g/mol. The SMILES string of the molecule is Cc1cccc(C)c1NC(=O)CNC(=O)c1sc2cc(Cl)ccc2c1Cl. The molecule has 134 valence electrons. The molecule has 0 atom stereocenters. The standard InChI is InChI=1S/C19H16Cl2N2O2S/c1-10-4-3-5-11(2)17(10)23-15(24)9-22-19(25)18-16(21)13-7-6-12(20)8-14(13)26-18/h3-8H,9H2,1-2H3,(H,22,25)(H,23,24). The van der Waals surface area contributed by atoms with E-state index in [0.29, 0.717) is 14.9 Å². The van der Waals surface area contributed by atoms with Crippen LogP contribution in [0.3, 0.4) is 0 Å². The molecule has 0 bridgehead atoms. The van der Waals surface area contributed by atoms with Crippen molar-refractivity contribution in [3.8, 4) is 0 Å². The third kappa shape index (κ3) is 3.85. The number of rotatable bonds is 4. The average Bonchev–Trinajstić information content (AvgIpc) is 2.92. The van der Waals surface area contributed by atoms with Crippen molar-refractivity contribution in [2.24, 2.45) is 0 Å². The third-order valence-corrected chi connectivity index (χ3v) is 5.84. The van der Waals surface area contributed by atoms with Gasteiger partial charge in [-0.2, -0.15) is 0 Å². The van der Waals surface area contributed by atoms with Gasteiger partial charge in [-0.05, 0) is 37.1 Å². The third-order valence-electron chi connectivity index (χ3n) is 3.95. The number of hydrogen-bond acceptors (Lipinski definition) is 3. The number of halogens is 2. The van der Waals surface area contributed by atoms with Crippen LogP contribution in [-0.4, -0.2) is 18.4 Å². The summed E-state index contributed by atoms with van der Waals surface area (Å²) < 4.78 is 0.827. The van der Waals surface area contributed by atoms with Gasteiger partial charge in [0.05, 0.1) is 11.6 Å². The van der Waals surface area contributed by atoms with Gasteiger partial charge in [0.1, 0.15) is 4.88 Å². The van der Waals surface area contributed by atoms with Crippen LogP contribution in [0.15, 0.2) is 36.4 Å². The quantitative estimate of drug-likeness (QED) is 0.625. The van der Waals surface area contributed by atoms with Crippen LogP contribution >= 0.6 is 34.5 Å². The highest BCUT2D eigenvalue weighted by Gasteiger charge is 2.18. The first-order chi connectivity index (χ1) is 12.4. The fourth-order valence-electron chi connectivity index (χ4n) is 2.62. The molecule has 1 heterocycles. The lowest BCUT2D eigenvalue weighted by Crippen LogP contribution is -2.32. The Bertz CT molecular complexity index is 994. The maximum Gasteiger partial charge on any atom is 0.263 e. The van der Waals surface area contributed by atoms with Gasteiger partial charge in [0.25, 0.3) is 5.91 Å².